The molecule has 84 valence electrons. The molecule has 0 aliphatic heterocycles. The molecule has 1 amide bonds. The summed E-state index contributed by atoms with van der Waals surface area (Å²) in [5, 5.41) is 2.85. The van der Waals surface area contributed by atoms with Crippen molar-refractivity contribution in [3.8, 4) is 0 Å². The molecule has 0 spiro atoms. The predicted octanol–water partition coefficient (Wildman–Crippen LogP) is 3.09. The zero-order valence-corrected chi connectivity index (χ0v) is 9.91. The van der Waals surface area contributed by atoms with E-state index < -0.39 is 0 Å². The smallest absolute Gasteiger partial charge is 0.219 e. The Balaban J connectivity index is 3.10. The fourth-order valence-electron chi connectivity index (χ4n) is 1.27. The normalized spacial score (nSPS) is 10.1. The quantitative estimate of drug-likeness (QED) is 0.469. The van der Waals surface area contributed by atoms with Gasteiger partial charge < -0.3 is 5.32 Å². The summed E-state index contributed by atoms with van der Waals surface area (Å²) < 4.78 is 0. The molecule has 2 nitrogen and oxygen atoms in total. The van der Waals surface area contributed by atoms with E-state index in [0.29, 0.717) is 12.3 Å². The Morgan fingerprint density at radius 1 is 1.14 bits per heavy atom. The SMILES string of the molecule is CCCCCCCC(=O)NCCCCl. The van der Waals surface area contributed by atoms with Crippen LogP contribution < -0.4 is 5.32 Å². The summed E-state index contributed by atoms with van der Waals surface area (Å²) in [7, 11) is 0. The van der Waals surface area contributed by atoms with Crippen molar-refractivity contribution in [1.29, 1.82) is 0 Å². The molecule has 0 aliphatic rings. The molecule has 0 heterocycles. The lowest BCUT2D eigenvalue weighted by Crippen LogP contribution is -2.24. The molecular formula is C11H22ClNO. The molecule has 0 saturated carbocycles. The molecule has 1 N–H and O–H groups in total. The van der Waals surface area contributed by atoms with Crippen LogP contribution in [-0.4, -0.2) is 18.3 Å². The Hall–Kier alpha value is -0.240. The average molecular weight is 220 g/mol. The van der Waals surface area contributed by atoms with E-state index in [1.54, 1.807) is 0 Å². The van der Waals surface area contributed by atoms with Gasteiger partial charge >= 0.3 is 0 Å². The number of nitrogens with one attached hydrogen (secondary N) is 1. The highest BCUT2D eigenvalue weighted by Crippen LogP contribution is 2.04. The Morgan fingerprint density at radius 3 is 2.50 bits per heavy atom. The van der Waals surface area contributed by atoms with E-state index in [1.165, 1.54) is 25.7 Å². The first-order valence-corrected chi connectivity index (χ1v) is 6.17. The molecule has 0 aliphatic carbocycles. The third-order valence-corrected chi connectivity index (χ3v) is 2.41. The van der Waals surface area contributed by atoms with Gasteiger partial charge in [-0.3, -0.25) is 4.79 Å². The van der Waals surface area contributed by atoms with Crippen LogP contribution in [0.4, 0.5) is 0 Å². The maximum absolute atomic E-state index is 11.2. The molecular weight excluding hydrogens is 198 g/mol. The second-order valence-electron chi connectivity index (χ2n) is 3.56. The van der Waals surface area contributed by atoms with Crippen molar-refractivity contribution in [3.63, 3.8) is 0 Å². The minimum Gasteiger partial charge on any atom is -0.356 e. The van der Waals surface area contributed by atoms with Gasteiger partial charge in [0.05, 0.1) is 0 Å². The fourth-order valence-corrected chi connectivity index (χ4v) is 1.41. The van der Waals surface area contributed by atoms with Crippen LogP contribution in [0.15, 0.2) is 0 Å². The molecule has 0 aromatic heterocycles. The third kappa shape index (κ3) is 9.85. The molecule has 14 heavy (non-hydrogen) atoms. The topological polar surface area (TPSA) is 29.1 Å². The van der Waals surface area contributed by atoms with Crippen LogP contribution >= 0.6 is 11.6 Å². The van der Waals surface area contributed by atoms with Gasteiger partial charge in [-0.2, -0.15) is 0 Å². The van der Waals surface area contributed by atoms with Crippen LogP contribution in [0.25, 0.3) is 0 Å². The van der Waals surface area contributed by atoms with Crippen molar-refractivity contribution < 1.29 is 4.79 Å². The number of unbranched alkanes of at least 4 members (excludes halogenated alkanes) is 4. The van der Waals surface area contributed by atoms with Gasteiger partial charge in [-0.05, 0) is 12.8 Å². The second kappa shape index (κ2) is 10.8. The maximum Gasteiger partial charge on any atom is 0.219 e. The third-order valence-electron chi connectivity index (χ3n) is 2.14. The molecule has 0 fully saturated rings. The first kappa shape index (κ1) is 13.8. The molecule has 0 saturated heterocycles. The van der Waals surface area contributed by atoms with Gasteiger partial charge in [0.1, 0.15) is 0 Å². The van der Waals surface area contributed by atoms with Crippen LogP contribution in [-0.2, 0) is 4.79 Å². The monoisotopic (exact) mass is 219 g/mol. The number of carbonyl (C=O) groups is 1. The van der Waals surface area contributed by atoms with Crippen molar-refractivity contribution in [2.75, 3.05) is 12.4 Å². The summed E-state index contributed by atoms with van der Waals surface area (Å²) in [6.45, 7) is 2.91. The van der Waals surface area contributed by atoms with Gasteiger partial charge in [0.2, 0.25) is 5.91 Å². The van der Waals surface area contributed by atoms with Gasteiger partial charge in [0, 0.05) is 18.8 Å². The fraction of sp³-hybridized carbons (Fsp3) is 0.909. The first-order chi connectivity index (χ1) is 6.81. The lowest BCUT2D eigenvalue weighted by molar-refractivity contribution is -0.121. The summed E-state index contributed by atoms with van der Waals surface area (Å²) in [5.74, 6) is 0.795. The lowest BCUT2D eigenvalue weighted by Gasteiger charge is -2.03. The van der Waals surface area contributed by atoms with Gasteiger partial charge in [-0.15, -0.1) is 11.6 Å². The number of halogens is 1. The van der Waals surface area contributed by atoms with E-state index in [4.69, 9.17) is 11.6 Å². The van der Waals surface area contributed by atoms with E-state index in [2.05, 4.69) is 12.2 Å². The molecule has 0 atom stereocenters. The number of amides is 1. The number of hydrogen-bond acceptors (Lipinski definition) is 1. The lowest BCUT2D eigenvalue weighted by atomic mass is 10.1. The van der Waals surface area contributed by atoms with Gasteiger partial charge in [0.25, 0.3) is 0 Å². The van der Waals surface area contributed by atoms with Crippen molar-refractivity contribution in [1.82, 2.24) is 5.32 Å². The number of hydrogen-bond donors (Lipinski definition) is 1. The Bertz CT molecular complexity index is 139. The number of rotatable bonds is 9. The van der Waals surface area contributed by atoms with Crippen LogP contribution in [0.5, 0.6) is 0 Å². The highest BCUT2D eigenvalue weighted by Gasteiger charge is 1.99. The van der Waals surface area contributed by atoms with E-state index in [1.807, 2.05) is 0 Å². The van der Waals surface area contributed by atoms with Crippen LogP contribution in [0.1, 0.15) is 51.9 Å². The van der Waals surface area contributed by atoms with Crippen molar-refractivity contribution in [2.24, 2.45) is 0 Å². The van der Waals surface area contributed by atoms with E-state index >= 15 is 0 Å². The van der Waals surface area contributed by atoms with E-state index in [9.17, 15) is 4.79 Å². The largest absolute Gasteiger partial charge is 0.356 e. The molecule has 0 bridgehead atoms. The number of alkyl halides is 1. The van der Waals surface area contributed by atoms with Gasteiger partial charge in [0.15, 0.2) is 0 Å². The first-order valence-electron chi connectivity index (χ1n) is 5.64. The van der Waals surface area contributed by atoms with E-state index in [0.717, 1.165) is 19.4 Å². The number of carbonyl (C=O) groups excluding carboxylic acids is 1. The second-order valence-corrected chi connectivity index (χ2v) is 3.93. The predicted molar refractivity (Wildman–Crippen MR) is 61.7 cm³/mol. The summed E-state index contributed by atoms with van der Waals surface area (Å²) >= 11 is 5.50. The minimum atomic E-state index is 0.173. The molecule has 0 radical (unpaired) electrons. The van der Waals surface area contributed by atoms with Crippen LogP contribution in [0.3, 0.4) is 0 Å². The van der Waals surface area contributed by atoms with Crippen molar-refractivity contribution in [3.05, 3.63) is 0 Å². The molecule has 0 rings (SSSR count). The molecule has 0 aromatic rings. The Labute approximate surface area is 92.4 Å². The summed E-state index contributed by atoms with van der Waals surface area (Å²) in [6.07, 6.45) is 7.53. The minimum absolute atomic E-state index is 0.173. The summed E-state index contributed by atoms with van der Waals surface area (Å²) in [6, 6.07) is 0. The van der Waals surface area contributed by atoms with Crippen LogP contribution in [0, 0.1) is 0 Å². The Morgan fingerprint density at radius 2 is 1.86 bits per heavy atom. The highest BCUT2D eigenvalue weighted by atomic mass is 35.5. The van der Waals surface area contributed by atoms with Crippen molar-refractivity contribution in [2.45, 2.75) is 51.9 Å². The highest BCUT2D eigenvalue weighted by molar-refractivity contribution is 6.17. The average Bonchev–Trinajstić information content (AvgIpc) is 2.18. The maximum atomic E-state index is 11.2. The van der Waals surface area contributed by atoms with E-state index in [-0.39, 0.29) is 5.91 Å². The summed E-state index contributed by atoms with van der Waals surface area (Å²) in [4.78, 5) is 11.2. The summed E-state index contributed by atoms with van der Waals surface area (Å²) in [5.41, 5.74) is 0. The zero-order valence-electron chi connectivity index (χ0n) is 9.15. The Kier molecular flexibility index (Phi) is 10.7. The van der Waals surface area contributed by atoms with Crippen LogP contribution in [0.2, 0.25) is 0 Å². The molecule has 3 heteroatoms. The van der Waals surface area contributed by atoms with Gasteiger partial charge in [-0.1, -0.05) is 32.6 Å². The standard InChI is InChI=1S/C11H22ClNO/c1-2-3-4-5-6-8-11(14)13-10-7-9-12/h2-10H2,1H3,(H,13,14). The van der Waals surface area contributed by atoms with Gasteiger partial charge in [-0.25, -0.2) is 0 Å². The van der Waals surface area contributed by atoms with Crippen molar-refractivity contribution >= 4 is 17.5 Å². The zero-order chi connectivity index (χ0) is 10.6. The molecule has 0 unspecified atom stereocenters. The molecule has 0 aromatic carbocycles.